The van der Waals surface area contributed by atoms with Gasteiger partial charge in [0.15, 0.2) is 0 Å². The van der Waals surface area contributed by atoms with Gasteiger partial charge in [0, 0.05) is 33.5 Å². The fraction of sp³-hybridized carbons (Fsp3) is 0.905. The number of carbonyl (C=O) groups is 2. The van der Waals surface area contributed by atoms with Crippen molar-refractivity contribution in [3.05, 3.63) is 0 Å². The average Bonchev–Trinajstić information content (AvgIpc) is 2.63. The van der Waals surface area contributed by atoms with E-state index >= 15 is 0 Å². The van der Waals surface area contributed by atoms with Crippen LogP contribution in [0.3, 0.4) is 0 Å². The smallest absolute Gasteiger partial charge is 0.223 e. The number of hydrogen-bond acceptors (Lipinski definition) is 3. The van der Waals surface area contributed by atoms with E-state index in [0.29, 0.717) is 12.3 Å². The zero-order chi connectivity index (χ0) is 18.9. The van der Waals surface area contributed by atoms with Crippen molar-refractivity contribution < 1.29 is 15.8 Å². The molecule has 0 heterocycles. The molecule has 0 spiro atoms. The summed E-state index contributed by atoms with van der Waals surface area (Å²) in [5, 5.41) is 3.10. The second kappa shape index (κ2) is 16.6. The summed E-state index contributed by atoms with van der Waals surface area (Å²) in [6.45, 7) is 10.1. The maximum atomic E-state index is 12.1. The van der Waals surface area contributed by atoms with Crippen LogP contribution < -0.4 is 5.32 Å². The third-order valence-corrected chi connectivity index (χ3v) is 4.78. The molecule has 0 aromatic heterocycles. The van der Waals surface area contributed by atoms with Gasteiger partial charge in [-0.2, -0.15) is 0 Å². The topological polar surface area (TPSA) is 55.4 Å². The van der Waals surface area contributed by atoms with Gasteiger partial charge >= 0.3 is 0 Å². The SMILES string of the molecule is CC.CCOCC1CCC(C(=O)NCCCCCCCC(C)=O)CC1.[HH]. The van der Waals surface area contributed by atoms with Crippen LogP contribution in [0.25, 0.3) is 0 Å². The highest BCUT2D eigenvalue weighted by molar-refractivity contribution is 5.78. The van der Waals surface area contributed by atoms with Crippen LogP contribution in [-0.2, 0) is 14.3 Å². The van der Waals surface area contributed by atoms with Crippen LogP contribution in [0.1, 0.15) is 93.3 Å². The van der Waals surface area contributed by atoms with Gasteiger partial charge in [0.25, 0.3) is 0 Å². The molecule has 0 aromatic rings. The lowest BCUT2D eigenvalue weighted by molar-refractivity contribution is -0.126. The number of amides is 1. The highest BCUT2D eigenvalue weighted by atomic mass is 16.5. The highest BCUT2D eigenvalue weighted by Crippen LogP contribution is 2.29. The van der Waals surface area contributed by atoms with Gasteiger partial charge < -0.3 is 14.8 Å². The van der Waals surface area contributed by atoms with Crippen molar-refractivity contribution >= 4 is 11.7 Å². The molecule has 1 rings (SSSR count). The maximum Gasteiger partial charge on any atom is 0.223 e. The van der Waals surface area contributed by atoms with Gasteiger partial charge in [-0.3, -0.25) is 4.79 Å². The molecule has 0 atom stereocenters. The molecule has 1 fully saturated rings. The van der Waals surface area contributed by atoms with Gasteiger partial charge in [-0.05, 0) is 58.3 Å². The van der Waals surface area contributed by atoms with Gasteiger partial charge in [-0.1, -0.05) is 33.1 Å². The fourth-order valence-corrected chi connectivity index (χ4v) is 3.26. The number of nitrogens with one attached hydrogen (secondary N) is 1. The van der Waals surface area contributed by atoms with Crippen molar-refractivity contribution in [1.29, 1.82) is 0 Å². The molecule has 4 heteroatoms. The predicted octanol–water partition coefficient (Wildman–Crippen LogP) is 5.15. The third kappa shape index (κ3) is 13.0. The molecule has 1 aliphatic rings. The van der Waals surface area contributed by atoms with E-state index in [1.54, 1.807) is 6.92 Å². The predicted molar refractivity (Wildman–Crippen MR) is 107 cm³/mol. The summed E-state index contributed by atoms with van der Waals surface area (Å²) in [6.07, 6.45) is 10.4. The summed E-state index contributed by atoms with van der Waals surface area (Å²) in [6, 6.07) is 0. The van der Waals surface area contributed by atoms with Gasteiger partial charge in [0.1, 0.15) is 5.78 Å². The Morgan fingerprint density at radius 1 is 1.00 bits per heavy atom. The minimum atomic E-state index is 0. The third-order valence-electron chi connectivity index (χ3n) is 4.78. The largest absolute Gasteiger partial charge is 0.381 e. The van der Waals surface area contributed by atoms with Crippen LogP contribution in [-0.4, -0.2) is 31.4 Å². The Balaban J connectivity index is 0. The Labute approximate surface area is 157 Å². The molecule has 0 aliphatic heterocycles. The van der Waals surface area contributed by atoms with Crippen LogP contribution in [0.4, 0.5) is 0 Å². The number of unbranched alkanes of at least 4 members (excludes halogenated alkanes) is 4. The van der Waals surface area contributed by atoms with Crippen molar-refractivity contribution in [3.63, 3.8) is 0 Å². The van der Waals surface area contributed by atoms with E-state index in [1.807, 2.05) is 20.8 Å². The minimum absolute atomic E-state index is 0. The first-order valence-electron chi connectivity index (χ1n) is 10.5. The molecule has 4 nitrogen and oxygen atoms in total. The molecule has 0 unspecified atom stereocenters. The van der Waals surface area contributed by atoms with E-state index < -0.39 is 0 Å². The van der Waals surface area contributed by atoms with E-state index in [0.717, 1.165) is 77.5 Å². The Morgan fingerprint density at radius 3 is 2.20 bits per heavy atom. The van der Waals surface area contributed by atoms with Crippen molar-refractivity contribution in [2.24, 2.45) is 11.8 Å². The summed E-state index contributed by atoms with van der Waals surface area (Å²) in [7, 11) is 0. The number of Topliss-reactive ketones (excluding diaryl/α,β-unsaturated/α-hetero) is 1. The van der Waals surface area contributed by atoms with Crippen LogP contribution in [0.15, 0.2) is 0 Å². The first-order chi connectivity index (χ1) is 12.1. The molecule has 1 saturated carbocycles. The first-order valence-corrected chi connectivity index (χ1v) is 10.5. The lowest BCUT2D eigenvalue weighted by atomic mass is 9.82. The van der Waals surface area contributed by atoms with Crippen LogP contribution >= 0.6 is 0 Å². The molecular weight excluding hydrogens is 314 g/mol. The Morgan fingerprint density at radius 2 is 1.60 bits per heavy atom. The van der Waals surface area contributed by atoms with Crippen LogP contribution in [0, 0.1) is 11.8 Å². The highest BCUT2D eigenvalue weighted by Gasteiger charge is 2.25. The molecule has 0 aromatic carbocycles. The van der Waals surface area contributed by atoms with Gasteiger partial charge in [-0.15, -0.1) is 0 Å². The van der Waals surface area contributed by atoms with Crippen molar-refractivity contribution in [2.45, 2.75) is 91.9 Å². The van der Waals surface area contributed by atoms with E-state index in [-0.39, 0.29) is 19.0 Å². The number of hydrogen-bond donors (Lipinski definition) is 1. The molecule has 1 amide bonds. The molecule has 150 valence electrons. The lowest BCUT2D eigenvalue weighted by Crippen LogP contribution is -2.34. The summed E-state index contributed by atoms with van der Waals surface area (Å²) in [5.74, 6) is 1.39. The van der Waals surface area contributed by atoms with E-state index in [4.69, 9.17) is 4.74 Å². The van der Waals surface area contributed by atoms with Crippen molar-refractivity contribution in [1.82, 2.24) is 5.32 Å². The van der Waals surface area contributed by atoms with Crippen molar-refractivity contribution in [2.75, 3.05) is 19.8 Å². The number of ether oxygens (including phenoxy) is 1. The maximum absolute atomic E-state index is 12.1. The standard InChI is InChI=1S/C19H35NO3.C2H6.H2/c1-3-23-15-17-10-12-18(13-11-17)19(22)20-14-8-6-4-5-7-9-16(2)21;1-2;/h17-18H,3-15H2,1-2H3,(H,20,22);1-2H3;1H. The Kier molecular flexibility index (Phi) is 16.0. The first kappa shape index (κ1) is 24.1. The molecule has 0 radical (unpaired) electrons. The average molecular weight is 358 g/mol. The molecule has 1 N–H and O–H groups in total. The lowest BCUT2D eigenvalue weighted by Gasteiger charge is -2.27. The molecule has 0 saturated heterocycles. The fourth-order valence-electron chi connectivity index (χ4n) is 3.26. The Hall–Kier alpha value is -0.900. The summed E-state index contributed by atoms with van der Waals surface area (Å²) < 4.78 is 5.48. The molecule has 0 bridgehead atoms. The van der Waals surface area contributed by atoms with E-state index in [2.05, 4.69) is 5.32 Å². The quantitative estimate of drug-likeness (QED) is 0.492. The summed E-state index contributed by atoms with van der Waals surface area (Å²) in [4.78, 5) is 23.0. The number of ketones is 1. The number of carbonyl (C=O) groups excluding carboxylic acids is 2. The second-order valence-electron chi connectivity index (χ2n) is 6.89. The van der Waals surface area contributed by atoms with Crippen molar-refractivity contribution in [3.8, 4) is 0 Å². The van der Waals surface area contributed by atoms with E-state index in [9.17, 15) is 9.59 Å². The van der Waals surface area contributed by atoms with Crippen LogP contribution in [0.5, 0.6) is 0 Å². The normalized spacial score (nSPS) is 19.7. The zero-order valence-electron chi connectivity index (χ0n) is 17.1. The van der Waals surface area contributed by atoms with E-state index in [1.165, 1.54) is 0 Å². The Bertz CT molecular complexity index is 342. The molecular formula is C21H43NO3. The monoisotopic (exact) mass is 357 g/mol. The number of rotatable bonds is 12. The molecule has 25 heavy (non-hydrogen) atoms. The van der Waals surface area contributed by atoms with Gasteiger partial charge in [-0.25, -0.2) is 0 Å². The zero-order valence-corrected chi connectivity index (χ0v) is 17.1. The molecule has 1 aliphatic carbocycles. The second-order valence-corrected chi connectivity index (χ2v) is 6.89. The minimum Gasteiger partial charge on any atom is -0.381 e. The summed E-state index contributed by atoms with van der Waals surface area (Å²) >= 11 is 0. The van der Waals surface area contributed by atoms with Gasteiger partial charge in [0.2, 0.25) is 5.91 Å². The summed E-state index contributed by atoms with van der Waals surface area (Å²) in [5.41, 5.74) is 0. The van der Waals surface area contributed by atoms with Crippen LogP contribution in [0.2, 0.25) is 0 Å². The van der Waals surface area contributed by atoms with Gasteiger partial charge in [0.05, 0.1) is 0 Å².